The quantitative estimate of drug-likeness (QED) is 0.633. The van der Waals surface area contributed by atoms with Crippen molar-refractivity contribution in [3.8, 4) is 11.5 Å². The summed E-state index contributed by atoms with van der Waals surface area (Å²) in [6.07, 6.45) is 0. The number of rotatable bonds is 3. The van der Waals surface area contributed by atoms with E-state index in [0.29, 0.717) is 0 Å². The second-order valence-electron chi connectivity index (χ2n) is 3.70. The fourth-order valence-electron chi connectivity index (χ4n) is 1.46. The molecule has 0 fully saturated rings. The molecule has 0 bridgehead atoms. The van der Waals surface area contributed by atoms with Crippen molar-refractivity contribution >= 4 is 11.9 Å². The predicted octanol–water partition coefficient (Wildman–Crippen LogP) is 1.04. The summed E-state index contributed by atoms with van der Waals surface area (Å²) in [5.41, 5.74) is -0.285. The summed E-state index contributed by atoms with van der Waals surface area (Å²) in [4.78, 5) is 22.6. The van der Waals surface area contributed by atoms with E-state index >= 15 is 0 Å². The molecule has 0 aliphatic heterocycles. The summed E-state index contributed by atoms with van der Waals surface area (Å²) in [7, 11) is 1.40. The molecule has 1 aromatic heterocycles. The Morgan fingerprint density at radius 2 is 2.00 bits per heavy atom. The van der Waals surface area contributed by atoms with Crippen molar-refractivity contribution < 1.29 is 24.5 Å². The third kappa shape index (κ3) is 2.54. The minimum Gasteiger partial charge on any atom is -0.504 e. The van der Waals surface area contributed by atoms with Crippen molar-refractivity contribution in [2.75, 3.05) is 0 Å². The van der Waals surface area contributed by atoms with E-state index in [4.69, 9.17) is 9.84 Å². The van der Waals surface area contributed by atoms with Crippen LogP contribution < -0.4 is 4.74 Å². The molecule has 0 unspecified atom stereocenters. The van der Waals surface area contributed by atoms with E-state index in [1.54, 1.807) is 12.1 Å². The van der Waals surface area contributed by atoms with Gasteiger partial charge in [-0.2, -0.15) is 5.10 Å². The van der Waals surface area contributed by atoms with Gasteiger partial charge in [-0.1, -0.05) is 12.1 Å². The second kappa shape index (κ2) is 4.81. The molecule has 0 radical (unpaired) electrons. The van der Waals surface area contributed by atoms with Gasteiger partial charge in [0.05, 0.1) is 0 Å². The highest BCUT2D eigenvalue weighted by molar-refractivity contribution is 5.93. The maximum atomic E-state index is 11.8. The SMILES string of the molecule is Cn1nc(C(=O)Oc2ccccc2O)cc1C(=O)O. The summed E-state index contributed by atoms with van der Waals surface area (Å²) in [5, 5.41) is 22.0. The molecule has 2 rings (SSSR count). The molecule has 2 aromatic rings. The number of carboxylic acid groups (broad SMARTS) is 1. The molecular weight excluding hydrogens is 252 g/mol. The Labute approximate surface area is 107 Å². The number of aromatic nitrogens is 2. The Balaban J connectivity index is 2.24. The van der Waals surface area contributed by atoms with Gasteiger partial charge in [0, 0.05) is 13.1 Å². The van der Waals surface area contributed by atoms with E-state index in [1.165, 1.54) is 19.2 Å². The topological polar surface area (TPSA) is 102 Å². The third-order valence-corrected chi connectivity index (χ3v) is 2.38. The normalized spacial score (nSPS) is 10.2. The van der Waals surface area contributed by atoms with E-state index in [2.05, 4.69) is 5.10 Å². The lowest BCUT2D eigenvalue weighted by Gasteiger charge is -2.03. The predicted molar refractivity (Wildman–Crippen MR) is 63.2 cm³/mol. The first kappa shape index (κ1) is 12.6. The lowest BCUT2D eigenvalue weighted by atomic mass is 10.3. The summed E-state index contributed by atoms with van der Waals surface area (Å²) in [5.74, 6) is -2.25. The summed E-state index contributed by atoms with van der Waals surface area (Å²) in [6, 6.07) is 7.04. The number of para-hydroxylation sites is 2. The van der Waals surface area contributed by atoms with Gasteiger partial charge in [0.25, 0.3) is 0 Å². The van der Waals surface area contributed by atoms with Crippen LogP contribution >= 0.6 is 0 Å². The molecule has 0 aliphatic carbocycles. The van der Waals surface area contributed by atoms with Crippen molar-refractivity contribution in [3.63, 3.8) is 0 Å². The first-order chi connectivity index (χ1) is 8.99. The zero-order valence-electron chi connectivity index (χ0n) is 9.90. The maximum absolute atomic E-state index is 11.8. The standard InChI is InChI=1S/C12H10N2O5/c1-14-8(11(16)17)6-7(13-14)12(18)19-10-5-3-2-4-9(10)15/h2-6,15H,1H3,(H,16,17). The molecule has 0 saturated carbocycles. The van der Waals surface area contributed by atoms with Crippen LogP contribution in [0.15, 0.2) is 30.3 Å². The van der Waals surface area contributed by atoms with E-state index < -0.39 is 11.9 Å². The lowest BCUT2D eigenvalue weighted by molar-refractivity contribution is 0.0683. The van der Waals surface area contributed by atoms with Crippen LogP contribution in [0.2, 0.25) is 0 Å². The highest BCUT2D eigenvalue weighted by Crippen LogP contribution is 2.25. The van der Waals surface area contributed by atoms with Crippen LogP contribution in [-0.2, 0) is 7.05 Å². The van der Waals surface area contributed by atoms with Crippen molar-refractivity contribution in [1.29, 1.82) is 0 Å². The zero-order chi connectivity index (χ0) is 14.0. The molecule has 2 N–H and O–H groups in total. The molecular formula is C12H10N2O5. The van der Waals surface area contributed by atoms with Crippen LogP contribution in [0.5, 0.6) is 11.5 Å². The number of phenolic OH excluding ortho intramolecular Hbond substituents is 1. The molecule has 7 nitrogen and oxygen atoms in total. The smallest absolute Gasteiger partial charge is 0.364 e. The van der Waals surface area contributed by atoms with Crippen molar-refractivity contribution in [3.05, 3.63) is 41.7 Å². The second-order valence-corrected chi connectivity index (χ2v) is 3.70. The van der Waals surface area contributed by atoms with Crippen molar-refractivity contribution in [2.45, 2.75) is 0 Å². The Hall–Kier alpha value is -2.83. The molecule has 0 spiro atoms. The van der Waals surface area contributed by atoms with E-state index in [9.17, 15) is 14.7 Å². The Bertz CT molecular complexity index is 647. The minimum absolute atomic E-state index is 0.0185. The number of hydrogen-bond donors (Lipinski definition) is 2. The fraction of sp³-hybridized carbons (Fsp3) is 0.0833. The molecule has 1 heterocycles. The van der Waals surface area contributed by atoms with E-state index in [1.807, 2.05) is 0 Å². The van der Waals surface area contributed by atoms with E-state index in [-0.39, 0.29) is 22.9 Å². The molecule has 0 saturated heterocycles. The van der Waals surface area contributed by atoms with Gasteiger partial charge < -0.3 is 14.9 Å². The van der Waals surface area contributed by atoms with Crippen LogP contribution in [0.1, 0.15) is 21.0 Å². The third-order valence-electron chi connectivity index (χ3n) is 2.38. The summed E-state index contributed by atoms with van der Waals surface area (Å²) < 4.78 is 5.98. The number of aryl methyl sites for hydroxylation is 1. The number of carbonyl (C=O) groups is 2. The van der Waals surface area contributed by atoms with Gasteiger partial charge in [-0.15, -0.1) is 0 Å². The zero-order valence-corrected chi connectivity index (χ0v) is 9.90. The monoisotopic (exact) mass is 262 g/mol. The molecule has 1 aromatic carbocycles. The van der Waals surface area contributed by atoms with Crippen LogP contribution in [-0.4, -0.2) is 31.9 Å². The van der Waals surface area contributed by atoms with Crippen LogP contribution in [0.25, 0.3) is 0 Å². The number of aromatic carboxylic acids is 1. The highest BCUT2D eigenvalue weighted by atomic mass is 16.5. The number of hydrogen-bond acceptors (Lipinski definition) is 5. The number of benzene rings is 1. The average Bonchev–Trinajstić information content (AvgIpc) is 2.74. The number of nitrogens with zero attached hydrogens (tertiary/aromatic N) is 2. The molecule has 0 amide bonds. The van der Waals surface area contributed by atoms with Gasteiger partial charge in [-0.3, -0.25) is 4.68 Å². The van der Waals surface area contributed by atoms with Crippen molar-refractivity contribution in [1.82, 2.24) is 9.78 Å². The van der Waals surface area contributed by atoms with Gasteiger partial charge in [0.15, 0.2) is 17.2 Å². The number of carboxylic acids is 1. The van der Waals surface area contributed by atoms with E-state index in [0.717, 1.165) is 10.7 Å². The summed E-state index contributed by atoms with van der Waals surface area (Å²) in [6.45, 7) is 0. The first-order valence-electron chi connectivity index (χ1n) is 5.26. The molecule has 98 valence electrons. The van der Waals surface area contributed by atoms with Crippen LogP contribution in [0.3, 0.4) is 0 Å². The van der Waals surface area contributed by atoms with Crippen LogP contribution in [0, 0.1) is 0 Å². The number of esters is 1. The fourth-order valence-corrected chi connectivity index (χ4v) is 1.46. The molecule has 0 aliphatic rings. The summed E-state index contributed by atoms with van der Waals surface area (Å²) >= 11 is 0. The molecule has 0 atom stereocenters. The first-order valence-corrected chi connectivity index (χ1v) is 5.26. The average molecular weight is 262 g/mol. The number of carbonyl (C=O) groups excluding carboxylic acids is 1. The maximum Gasteiger partial charge on any atom is 0.364 e. The Morgan fingerprint density at radius 1 is 1.32 bits per heavy atom. The van der Waals surface area contributed by atoms with Gasteiger partial charge in [-0.25, -0.2) is 9.59 Å². The molecule has 7 heteroatoms. The Kier molecular flexibility index (Phi) is 3.19. The Morgan fingerprint density at radius 3 is 2.58 bits per heavy atom. The van der Waals surface area contributed by atoms with Gasteiger partial charge >= 0.3 is 11.9 Å². The van der Waals surface area contributed by atoms with Gasteiger partial charge in [0.1, 0.15) is 5.69 Å². The largest absolute Gasteiger partial charge is 0.504 e. The van der Waals surface area contributed by atoms with Gasteiger partial charge in [-0.05, 0) is 12.1 Å². The van der Waals surface area contributed by atoms with Crippen molar-refractivity contribution in [2.24, 2.45) is 7.05 Å². The van der Waals surface area contributed by atoms with Gasteiger partial charge in [0.2, 0.25) is 0 Å². The number of aromatic hydroxyl groups is 1. The molecule has 19 heavy (non-hydrogen) atoms. The number of phenols is 1. The van der Waals surface area contributed by atoms with Crippen LogP contribution in [0.4, 0.5) is 0 Å². The highest BCUT2D eigenvalue weighted by Gasteiger charge is 2.19. The number of ether oxygens (including phenoxy) is 1. The lowest BCUT2D eigenvalue weighted by Crippen LogP contribution is -2.10. The minimum atomic E-state index is -1.20.